The number of hydrogen-bond acceptors (Lipinski definition) is 4. The minimum absolute atomic E-state index is 0.199. The normalized spacial score (nSPS) is 11.6. The maximum absolute atomic E-state index is 12.2. The highest BCUT2D eigenvalue weighted by Crippen LogP contribution is 2.14. The molecule has 0 heterocycles. The average Bonchev–Trinajstić information content (AvgIpc) is 2.52. The smallest absolute Gasteiger partial charge is 0.276 e. The van der Waals surface area contributed by atoms with Crippen LogP contribution in [0.2, 0.25) is 0 Å². The first-order chi connectivity index (χ1) is 10.9. The van der Waals surface area contributed by atoms with Crippen molar-refractivity contribution in [1.82, 2.24) is 4.83 Å². The molecule has 2 rings (SSSR count). The molecule has 6 heteroatoms. The van der Waals surface area contributed by atoms with Gasteiger partial charge in [-0.15, -0.1) is 0 Å². The summed E-state index contributed by atoms with van der Waals surface area (Å²) in [4.78, 5) is 2.42. The first kappa shape index (κ1) is 17.0. The highest BCUT2D eigenvalue weighted by molar-refractivity contribution is 7.89. The standard InChI is InChI=1S/C17H20N2O3S/c1-4-22-16-8-6-15(7-9-16)12-18-19-23(20,21)17-10-5-13(2)14(3)11-17/h5-12,19H,4H2,1-3H3/b18-12+. The van der Waals surface area contributed by atoms with Crippen LogP contribution in [0.5, 0.6) is 5.75 Å². The average molecular weight is 332 g/mol. The second-order valence-corrected chi connectivity index (χ2v) is 6.76. The van der Waals surface area contributed by atoms with E-state index in [1.165, 1.54) is 6.21 Å². The maximum Gasteiger partial charge on any atom is 0.276 e. The number of hydrazone groups is 1. The van der Waals surface area contributed by atoms with Crippen molar-refractivity contribution in [1.29, 1.82) is 0 Å². The van der Waals surface area contributed by atoms with Gasteiger partial charge in [0.25, 0.3) is 10.0 Å². The van der Waals surface area contributed by atoms with Gasteiger partial charge in [-0.25, -0.2) is 4.83 Å². The third-order valence-electron chi connectivity index (χ3n) is 3.37. The molecular formula is C17H20N2O3S. The Morgan fingerprint density at radius 1 is 1.09 bits per heavy atom. The molecule has 0 aromatic heterocycles. The van der Waals surface area contributed by atoms with E-state index in [-0.39, 0.29) is 4.90 Å². The Morgan fingerprint density at radius 3 is 2.39 bits per heavy atom. The van der Waals surface area contributed by atoms with Crippen molar-refractivity contribution < 1.29 is 13.2 Å². The fourth-order valence-electron chi connectivity index (χ4n) is 1.92. The van der Waals surface area contributed by atoms with Crippen molar-refractivity contribution in [3.63, 3.8) is 0 Å². The molecule has 0 bridgehead atoms. The molecule has 122 valence electrons. The van der Waals surface area contributed by atoms with Gasteiger partial charge in [0.15, 0.2) is 0 Å². The molecule has 0 fully saturated rings. The van der Waals surface area contributed by atoms with Crippen LogP contribution in [-0.4, -0.2) is 21.2 Å². The van der Waals surface area contributed by atoms with E-state index in [1.54, 1.807) is 30.3 Å². The Hall–Kier alpha value is -2.34. The molecule has 0 aliphatic heterocycles. The van der Waals surface area contributed by atoms with Crippen molar-refractivity contribution >= 4 is 16.2 Å². The van der Waals surface area contributed by atoms with E-state index >= 15 is 0 Å². The zero-order valence-electron chi connectivity index (χ0n) is 13.4. The minimum atomic E-state index is -3.66. The van der Waals surface area contributed by atoms with E-state index in [9.17, 15) is 8.42 Å². The fourth-order valence-corrected chi connectivity index (χ4v) is 2.80. The van der Waals surface area contributed by atoms with Gasteiger partial charge in [0.2, 0.25) is 0 Å². The number of nitrogens with one attached hydrogen (secondary N) is 1. The zero-order valence-corrected chi connectivity index (χ0v) is 14.2. The molecule has 23 heavy (non-hydrogen) atoms. The van der Waals surface area contributed by atoms with Crippen LogP contribution in [0.1, 0.15) is 23.6 Å². The zero-order chi connectivity index (χ0) is 16.9. The van der Waals surface area contributed by atoms with Crippen LogP contribution >= 0.6 is 0 Å². The van der Waals surface area contributed by atoms with Crippen LogP contribution in [0.3, 0.4) is 0 Å². The van der Waals surface area contributed by atoms with Gasteiger partial charge < -0.3 is 4.74 Å². The van der Waals surface area contributed by atoms with Gasteiger partial charge in [0, 0.05) is 0 Å². The molecule has 5 nitrogen and oxygen atoms in total. The summed E-state index contributed by atoms with van der Waals surface area (Å²) in [6.45, 7) is 6.32. The van der Waals surface area contributed by atoms with Gasteiger partial charge in [-0.1, -0.05) is 6.07 Å². The second kappa shape index (κ2) is 7.28. The van der Waals surface area contributed by atoms with Gasteiger partial charge in [-0.3, -0.25) is 0 Å². The van der Waals surface area contributed by atoms with Crippen LogP contribution in [0.4, 0.5) is 0 Å². The lowest BCUT2D eigenvalue weighted by Gasteiger charge is -2.06. The predicted octanol–water partition coefficient (Wildman–Crippen LogP) is 3.01. The molecule has 0 aliphatic carbocycles. The third kappa shape index (κ3) is 4.56. The summed E-state index contributed by atoms with van der Waals surface area (Å²) in [6, 6.07) is 12.2. The van der Waals surface area contributed by atoms with Crippen LogP contribution < -0.4 is 9.57 Å². The van der Waals surface area contributed by atoms with Crippen LogP contribution in [-0.2, 0) is 10.0 Å². The number of benzene rings is 2. The molecule has 1 N–H and O–H groups in total. The summed E-state index contributed by atoms with van der Waals surface area (Å²) < 4.78 is 29.7. The van der Waals surface area contributed by atoms with Gasteiger partial charge in [0.1, 0.15) is 5.75 Å². The quantitative estimate of drug-likeness (QED) is 0.653. The first-order valence-electron chi connectivity index (χ1n) is 7.27. The Bertz CT molecular complexity index is 797. The largest absolute Gasteiger partial charge is 0.494 e. The summed E-state index contributed by atoms with van der Waals surface area (Å²) in [5.41, 5.74) is 2.74. The third-order valence-corrected chi connectivity index (χ3v) is 4.59. The summed E-state index contributed by atoms with van der Waals surface area (Å²) in [5.74, 6) is 0.764. The summed E-state index contributed by atoms with van der Waals surface area (Å²) in [5, 5.41) is 3.81. The van der Waals surface area contributed by atoms with Crippen LogP contribution in [0.25, 0.3) is 0 Å². The molecule has 0 radical (unpaired) electrons. The van der Waals surface area contributed by atoms with Gasteiger partial charge >= 0.3 is 0 Å². The van der Waals surface area contributed by atoms with E-state index in [4.69, 9.17) is 4.74 Å². The van der Waals surface area contributed by atoms with Crippen molar-refractivity contribution in [2.45, 2.75) is 25.7 Å². The number of rotatable bonds is 6. The van der Waals surface area contributed by atoms with Gasteiger partial charge in [-0.05, 0) is 73.9 Å². The van der Waals surface area contributed by atoms with Crippen molar-refractivity contribution in [3.05, 3.63) is 59.2 Å². The predicted molar refractivity (Wildman–Crippen MR) is 91.4 cm³/mol. The Labute approximate surface area is 137 Å². The van der Waals surface area contributed by atoms with E-state index in [0.29, 0.717) is 6.61 Å². The Balaban J connectivity index is 2.07. The molecule has 0 atom stereocenters. The lowest BCUT2D eigenvalue weighted by atomic mass is 10.1. The maximum atomic E-state index is 12.2. The van der Waals surface area contributed by atoms with Crippen LogP contribution in [0, 0.1) is 13.8 Å². The summed E-state index contributed by atoms with van der Waals surface area (Å²) in [7, 11) is -3.66. The lowest BCUT2D eigenvalue weighted by molar-refractivity contribution is 0.340. The molecule has 0 aliphatic rings. The highest BCUT2D eigenvalue weighted by atomic mass is 32.2. The number of nitrogens with zero attached hydrogens (tertiary/aromatic N) is 1. The molecule has 0 saturated heterocycles. The number of sulfonamides is 1. The highest BCUT2D eigenvalue weighted by Gasteiger charge is 2.13. The number of ether oxygens (including phenoxy) is 1. The Morgan fingerprint density at radius 2 is 1.78 bits per heavy atom. The molecule has 2 aromatic rings. The van der Waals surface area contributed by atoms with Gasteiger partial charge in [0.05, 0.1) is 17.7 Å². The van der Waals surface area contributed by atoms with Crippen LogP contribution in [0.15, 0.2) is 52.5 Å². The second-order valence-electron chi connectivity index (χ2n) is 5.10. The number of hydrogen-bond donors (Lipinski definition) is 1. The first-order valence-corrected chi connectivity index (χ1v) is 8.75. The Kier molecular flexibility index (Phi) is 5.39. The van der Waals surface area contributed by atoms with Crippen molar-refractivity contribution in [2.75, 3.05) is 6.61 Å². The molecule has 0 unspecified atom stereocenters. The summed E-state index contributed by atoms with van der Waals surface area (Å²) in [6.07, 6.45) is 1.45. The van der Waals surface area contributed by atoms with E-state index in [0.717, 1.165) is 22.4 Å². The summed E-state index contributed by atoms with van der Waals surface area (Å²) >= 11 is 0. The number of aryl methyl sites for hydroxylation is 2. The SMILES string of the molecule is CCOc1ccc(/C=N/NS(=O)(=O)c2ccc(C)c(C)c2)cc1. The molecule has 0 amide bonds. The van der Waals surface area contributed by atoms with E-state index in [2.05, 4.69) is 9.93 Å². The minimum Gasteiger partial charge on any atom is -0.494 e. The molecule has 2 aromatic carbocycles. The molecular weight excluding hydrogens is 312 g/mol. The lowest BCUT2D eigenvalue weighted by Crippen LogP contribution is -2.18. The van der Waals surface area contributed by atoms with Crippen molar-refractivity contribution in [3.8, 4) is 5.75 Å². The van der Waals surface area contributed by atoms with E-state index in [1.807, 2.05) is 32.9 Å². The van der Waals surface area contributed by atoms with Gasteiger partial charge in [-0.2, -0.15) is 13.5 Å². The van der Waals surface area contributed by atoms with E-state index < -0.39 is 10.0 Å². The molecule has 0 spiro atoms. The fraction of sp³-hybridized carbons (Fsp3) is 0.235. The van der Waals surface area contributed by atoms with Crippen molar-refractivity contribution in [2.24, 2.45) is 5.10 Å². The molecule has 0 saturated carbocycles. The topological polar surface area (TPSA) is 67.8 Å². The monoisotopic (exact) mass is 332 g/mol.